The Morgan fingerprint density at radius 2 is 1.85 bits per heavy atom. The molecule has 9 heteroatoms. The molecule has 0 unspecified atom stereocenters. The predicted molar refractivity (Wildman–Crippen MR) is 141 cm³/mol. The molecule has 2 N–H and O–H groups in total. The number of aromatic nitrogens is 4. The van der Waals surface area contributed by atoms with Crippen LogP contribution in [0.5, 0.6) is 0 Å². The zero-order valence-electron chi connectivity index (χ0n) is 19.9. The number of benzene rings is 1. The van der Waals surface area contributed by atoms with E-state index in [1.807, 2.05) is 31.0 Å². The van der Waals surface area contributed by atoms with E-state index in [1.54, 1.807) is 18.4 Å². The van der Waals surface area contributed by atoms with Crippen molar-refractivity contribution in [2.75, 3.05) is 36.8 Å². The van der Waals surface area contributed by atoms with E-state index in [-0.39, 0.29) is 0 Å². The molecule has 0 radical (unpaired) electrons. The maximum absolute atomic E-state index is 6.20. The lowest BCUT2D eigenvalue weighted by molar-refractivity contribution is 0.428. The molecule has 0 saturated carbocycles. The van der Waals surface area contributed by atoms with Crippen LogP contribution in [0.4, 0.5) is 11.6 Å². The second-order valence-electron chi connectivity index (χ2n) is 8.21. The van der Waals surface area contributed by atoms with E-state index in [2.05, 4.69) is 69.0 Å². The number of fused-ring (bicyclic) bond motifs is 1. The number of hydrogen-bond acceptors (Lipinski definition) is 8. The first-order valence-corrected chi connectivity index (χ1v) is 12.2. The third-order valence-corrected chi connectivity index (χ3v) is 6.28. The summed E-state index contributed by atoms with van der Waals surface area (Å²) in [6.45, 7) is 13.9. The summed E-state index contributed by atoms with van der Waals surface area (Å²) >= 11 is 1.94. The maximum Gasteiger partial charge on any atom is 0.223 e. The van der Waals surface area contributed by atoms with Gasteiger partial charge in [0.1, 0.15) is 0 Å². The van der Waals surface area contributed by atoms with Gasteiger partial charge < -0.3 is 15.1 Å². The number of nitrogens with two attached hydrogens (primary N) is 1. The van der Waals surface area contributed by atoms with Crippen LogP contribution in [0.1, 0.15) is 20.8 Å². The Kier molecular flexibility index (Phi) is 7.54. The first-order chi connectivity index (χ1) is 16.5. The summed E-state index contributed by atoms with van der Waals surface area (Å²) in [4.78, 5) is 11.6. The second kappa shape index (κ2) is 10.8. The monoisotopic (exact) mass is 477 g/mol. The minimum Gasteiger partial charge on any atom is -0.461 e. The molecule has 0 amide bonds. The third kappa shape index (κ3) is 5.43. The largest absolute Gasteiger partial charge is 0.461 e. The van der Waals surface area contributed by atoms with Gasteiger partial charge in [0.15, 0.2) is 11.4 Å². The van der Waals surface area contributed by atoms with Crippen molar-refractivity contribution in [3.63, 3.8) is 0 Å². The van der Waals surface area contributed by atoms with Crippen LogP contribution < -0.4 is 10.6 Å². The fourth-order valence-electron chi connectivity index (χ4n) is 3.78. The molecule has 3 aromatic heterocycles. The molecule has 1 saturated heterocycles. The minimum absolute atomic E-state index is 0.294. The molecule has 5 rings (SSSR count). The molecule has 4 aromatic rings. The lowest BCUT2D eigenvalue weighted by Gasteiger charge is -2.36. The van der Waals surface area contributed by atoms with Crippen molar-refractivity contribution in [2.24, 2.45) is 0 Å². The van der Waals surface area contributed by atoms with Gasteiger partial charge in [-0.3, -0.25) is 0 Å². The number of rotatable bonds is 5. The number of nitrogen functional groups attached to an aromatic ring is 1. The average Bonchev–Trinajstić information content (AvgIpc) is 3.50. The molecule has 4 heterocycles. The first kappa shape index (κ1) is 23.8. The van der Waals surface area contributed by atoms with Crippen LogP contribution in [0, 0.1) is 0 Å². The molecule has 34 heavy (non-hydrogen) atoms. The van der Waals surface area contributed by atoms with Gasteiger partial charge in [0, 0.05) is 48.7 Å². The predicted octanol–water partition coefficient (Wildman–Crippen LogP) is 5.00. The van der Waals surface area contributed by atoms with Crippen LogP contribution in [0.25, 0.3) is 28.5 Å². The Hall–Kier alpha value is -3.30. The van der Waals surface area contributed by atoms with Crippen molar-refractivity contribution < 1.29 is 4.42 Å². The Morgan fingerprint density at radius 1 is 1.09 bits per heavy atom. The molecule has 0 aliphatic carbocycles. The highest BCUT2D eigenvalue weighted by Crippen LogP contribution is 2.28. The molecule has 8 nitrogen and oxygen atoms in total. The summed E-state index contributed by atoms with van der Waals surface area (Å²) in [6.07, 6.45) is 3.35. The number of furan rings is 1. The fourth-order valence-corrected chi connectivity index (χ4v) is 4.75. The molecule has 1 aliphatic rings. The van der Waals surface area contributed by atoms with Gasteiger partial charge in [-0.2, -0.15) is 4.52 Å². The Morgan fingerprint density at radius 3 is 2.53 bits per heavy atom. The van der Waals surface area contributed by atoms with Crippen LogP contribution in [0.3, 0.4) is 0 Å². The molecule has 178 valence electrons. The standard InChI is InChI=1S/C22H25N7OS.C3H6/c1-15(2)31-28-10-8-27(9-11-28)17-6-3-5-16(13-17)18-14-20-25-21(19-7-4-12-30-19)26-29(20)22(23)24-18;1-3-2/h3-7,12-15H,8-11H2,1-2H3,(H2,23,24);3H,1H2,2H3. The summed E-state index contributed by atoms with van der Waals surface area (Å²) in [5.74, 6) is 1.38. The van der Waals surface area contributed by atoms with Crippen molar-refractivity contribution in [1.82, 2.24) is 23.9 Å². The Balaban J connectivity index is 0.000000868. The minimum atomic E-state index is 0.294. The van der Waals surface area contributed by atoms with Gasteiger partial charge in [-0.25, -0.2) is 14.3 Å². The van der Waals surface area contributed by atoms with Crippen LogP contribution in [-0.2, 0) is 0 Å². The van der Waals surface area contributed by atoms with Gasteiger partial charge in [-0.05, 0) is 31.2 Å². The van der Waals surface area contributed by atoms with E-state index in [9.17, 15) is 0 Å². The van der Waals surface area contributed by atoms with Gasteiger partial charge in [-0.15, -0.1) is 11.7 Å². The summed E-state index contributed by atoms with van der Waals surface area (Å²) in [6, 6.07) is 14.0. The SMILES string of the molecule is C=CC.CC(C)SN1CCN(c2cccc(-c3cc4nc(-c5ccco5)nn4c(N)n3)c2)CC1. The first-order valence-electron chi connectivity index (χ1n) is 11.4. The van der Waals surface area contributed by atoms with Gasteiger partial charge in [-0.1, -0.05) is 44.0 Å². The van der Waals surface area contributed by atoms with Gasteiger partial charge in [0.2, 0.25) is 11.8 Å². The second-order valence-corrected chi connectivity index (χ2v) is 9.88. The zero-order valence-corrected chi connectivity index (χ0v) is 20.7. The summed E-state index contributed by atoms with van der Waals surface area (Å²) in [7, 11) is 0. The molecular weight excluding hydrogens is 446 g/mol. The van der Waals surface area contributed by atoms with E-state index in [0.29, 0.717) is 28.4 Å². The van der Waals surface area contributed by atoms with E-state index >= 15 is 0 Å². The van der Waals surface area contributed by atoms with E-state index < -0.39 is 0 Å². The van der Waals surface area contributed by atoms with Gasteiger partial charge >= 0.3 is 0 Å². The molecule has 1 aromatic carbocycles. The number of nitrogens with zero attached hydrogens (tertiary/aromatic N) is 6. The maximum atomic E-state index is 6.20. The van der Waals surface area contributed by atoms with Crippen LogP contribution in [0.15, 0.2) is 65.8 Å². The third-order valence-electron chi connectivity index (χ3n) is 5.20. The van der Waals surface area contributed by atoms with Crippen LogP contribution in [0.2, 0.25) is 0 Å². The van der Waals surface area contributed by atoms with Crippen molar-refractivity contribution in [2.45, 2.75) is 26.0 Å². The number of allylic oxidation sites excluding steroid dienone is 1. The van der Waals surface area contributed by atoms with Crippen LogP contribution in [-0.4, -0.2) is 55.3 Å². The van der Waals surface area contributed by atoms with E-state index in [4.69, 9.17) is 10.2 Å². The lowest BCUT2D eigenvalue weighted by atomic mass is 10.1. The van der Waals surface area contributed by atoms with Crippen molar-refractivity contribution in [1.29, 1.82) is 0 Å². The lowest BCUT2D eigenvalue weighted by Crippen LogP contribution is -2.43. The molecular formula is C25H31N7OS. The van der Waals surface area contributed by atoms with Gasteiger partial charge in [0.05, 0.1) is 12.0 Å². The Labute approximate surface area is 204 Å². The molecule has 1 fully saturated rings. The molecule has 0 spiro atoms. The molecule has 0 atom stereocenters. The topological polar surface area (TPSA) is 88.7 Å². The summed E-state index contributed by atoms with van der Waals surface area (Å²) in [5, 5.41) is 5.03. The summed E-state index contributed by atoms with van der Waals surface area (Å²) in [5.41, 5.74) is 9.82. The van der Waals surface area contributed by atoms with Crippen LogP contribution >= 0.6 is 11.9 Å². The normalized spacial score (nSPS) is 14.3. The van der Waals surface area contributed by atoms with Crippen molar-refractivity contribution in [3.05, 3.63) is 61.4 Å². The highest BCUT2D eigenvalue weighted by atomic mass is 32.2. The number of piperazine rings is 1. The molecule has 1 aliphatic heterocycles. The quantitative estimate of drug-likeness (QED) is 0.317. The number of anilines is 2. The van der Waals surface area contributed by atoms with E-state index in [0.717, 1.165) is 37.4 Å². The number of hydrogen-bond donors (Lipinski definition) is 1. The zero-order chi connectivity index (χ0) is 24.1. The Bertz CT molecular complexity index is 1230. The molecule has 0 bridgehead atoms. The van der Waals surface area contributed by atoms with Gasteiger partial charge in [0.25, 0.3) is 0 Å². The summed E-state index contributed by atoms with van der Waals surface area (Å²) < 4.78 is 9.41. The van der Waals surface area contributed by atoms with E-state index in [1.165, 1.54) is 10.2 Å². The van der Waals surface area contributed by atoms with Crippen molar-refractivity contribution in [3.8, 4) is 22.8 Å². The highest BCUT2D eigenvalue weighted by molar-refractivity contribution is 7.97. The van der Waals surface area contributed by atoms with Crippen molar-refractivity contribution >= 4 is 29.2 Å². The average molecular weight is 478 g/mol. The smallest absolute Gasteiger partial charge is 0.223 e. The fraction of sp³-hybridized carbons (Fsp3) is 0.320. The highest BCUT2D eigenvalue weighted by Gasteiger charge is 2.19.